The lowest BCUT2D eigenvalue weighted by Crippen LogP contribution is -2.15. The number of hydrogen-bond acceptors (Lipinski definition) is 3. The van der Waals surface area contributed by atoms with Gasteiger partial charge in [-0.25, -0.2) is 4.39 Å². The quantitative estimate of drug-likeness (QED) is 0.464. The molecule has 0 radical (unpaired) electrons. The second kappa shape index (κ2) is 9.79. The van der Waals surface area contributed by atoms with Crippen LogP contribution in [0.3, 0.4) is 0 Å². The minimum Gasteiger partial charge on any atom is -0.497 e. The Balaban J connectivity index is 1.52. The molecule has 1 N–H and O–H groups in total. The summed E-state index contributed by atoms with van der Waals surface area (Å²) in [5, 5.41) is 9.19. The molecule has 5 heteroatoms. The molecule has 3 aromatic carbocycles. The molecule has 4 rings (SSSR count). The highest BCUT2D eigenvalue weighted by molar-refractivity contribution is 5.69. The van der Waals surface area contributed by atoms with Crippen molar-refractivity contribution < 1.29 is 23.8 Å². The number of hydrogen-bond donors (Lipinski definition) is 1. The molecule has 0 spiro atoms. The van der Waals surface area contributed by atoms with Crippen molar-refractivity contribution in [1.29, 1.82) is 0 Å². The van der Waals surface area contributed by atoms with Gasteiger partial charge in [0.15, 0.2) is 0 Å². The van der Waals surface area contributed by atoms with Crippen LogP contribution in [0.15, 0.2) is 60.7 Å². The Hall–Kier alpha value is -3.78. The minimum absolute atomic E-state index is 0.0245. The maximum Gasteiger partial charge on any atom is 0.304 e. The number of carboxylic acid groups (broad SMARTS) is 1. The molecule has 0 saturated carbocycles. The average Bonchev–Trinajstić information content (AvgIpc) is 2.83. The first-order chi connectivity index (χ1) is 16.0. The molecule has 4 nitrogen and oxygen atoms in total. The van der Waals surface area contributed by atoms with Crippen LogP contribution in [0, 0.1) is 17.7 Å². The number of fused-ring (bicyclic) bond motifs is 1. The second-order valence-electron chi connectivity index (χ2n) is 8.02. The van der Waals surface area contributed by atoms with Crippen LogP contribution in [-0.4, -0.2) is 18.2 Å². The fourth-order valence-corrected chi connectivity index (χ4v) is 4.19. The normalized spacial score (nSPS) is 15.4. The van der Waals surface area contributed by atoms with Crippen molar-refractivity contribution in [2.75, 3.05) is 7.11 Å². The molecule has 33 heavy (non-hydrogen) atoms. The molecule has 168 valence electrons. The van der Waals surface area contributed by atoms with E-state index in [1.807, 2.05) is 42.5 Å². The number of aliphatic carboxylic acids is 1. The van der Waals surface area contributed by atoms with Crippen LogP contribution in [0.25, 0.3) is 11.1 Å². The van der Waals surface area contributed by atoms with Gasteiger partial charge in [-0.15, -0.1) is 5.92 Å². The van der Waals surface area contributed by atoms with E-state index in [4.69, 9.17) is 9.47 Å². The van der Waals surface area contributed by atoms with Gasteiger partial charge in [0.05, 0.1) is 19.4 Å². The fraction of sp³-hybridized carbons (Fsp3) is 0.250. The largest absolute Gasteiger partial charge is 0.497 e. The fourth-order valence-electron chi connectivity index (χ4n) is 4.19. The first-order valence-electron chi connectivity index (χ1n) is 10.9. The van der Waals surface area contributed by atoms with E-state index in [2.05, 4.69) is 11.8 Å². The molecule has 0 saturated heterocycles. The molecule has 1 aliphatic heterocycles. The van der Waals surface area contributed by atoms with Crippen LogP contribution in [0.4, 0.5) is 4.39 Å². The van der Waals surface area contributed by atoms with Crippen LogP contribution in [0.1, 0.15) is 48.5 Å². The lowest BCUT2D eigenvalue weighted by molar-refractivity contribution is -0.137. The number of ether oxygens (including phenoxy) is 2. The smallest absolute Gasteiger partial charge is 0.304 e. The number of benzene rings is 3. The Bertz CT molecular complexity index is 1220. The summed E-state index contributed by atoms with van der Waals surface area (Å²) >= 11 is 0. The zero-order chi connectivity index (χ0) is 23.4. The van der Waals surface area contributed by atoms with Gasteiger partial charge in [0.1, 0.15) is 23.4 Å². The number of rotatable bonds is 6. The van der Waals surface area contributed by atoms with Gasteiger partial charge in [-0.1, -0.05) is 42.3 Å². The lowest BCUT2D eigenvalue weighted by Gasteiger charge is -2.27. The molecule has 0 amide bonds. The van der Waals surface area contributed by atoms with Crippen molar-refractivity contribution >= 4 is 5.97 Å². The van der Waals surface area contributed by atoms with Crippen molar-refractivity contribution in [2.45, 2.75) is 38.2 Å². The van der Waals surface area contributed by atoms with Crippen LogP contribution in [-0.2, 0) is 11.2 Å². The van der Waals surface area contributed by atoms with Gasteiger partial charge in [-0.05, 0) is 66.3 Å². The Morgan fingerprint density at radius 2 is 1.97 bits per heavy atom. The van der Waals surface area contributed by atoms with E-state index in [0.717, 1.165) is 40.8 Å². The van der Waals surface area contributed by atoms with Crippen molar-refractivity contribution in [3.8, 4) is 34.5 Å². The van der Waals surface area contributed by atoms with Crippen LogP contribution < -0.4 is 9.47 Å². The highest BCUT2D eigenvalue weighted by Gasteiger charge is 2.23. The van der Waals surface area contributed by atoms with Crippen LogP contribution in [0.5, 0.6) is 11.5 Å². The van der Waals surface area contributed by atoms with E-state index in [-0.39, 0.29) is 24.3 Å². The Morgan fingerprint density at radius 1 is 1.18 bits per heavy atom. The van der Waals surface area contributed by atoms with E-state index >= 15 is 0 Å². The summed E-state index contributed by atoms with van der Waals surface area (Å²) < 4.78 is 25.8. The summed E-state index contributed by atoms with van der Waals surface area (Å²) in [5.41, 5.74) is 4.26. The van der Waals surface area contributed by atoms with Gasteiger partial charge in [0.2, 0.25) is 0 Å². The third-order valence-electron chi connectivity index (χ3n) is 5.90. The molecule has 2 unspecified atom stereocenters. The minimum atomic E-state index is -0.867. The van der Waals surface area contributed by atoms with Gasteiger partial charge in [-0.2, -0.15) is 0 Å². The summed E-state index contributed by atoms with van der Waals surface area (Å²) in [7, 11) is 1.56. The molecular weight excluding hydrogens is 419 g/mol. The summed E-state index contributed by atoms with van der Waals surface area (Å²) in [6.45, 7) is 1.72. The van der Waals surface area contributed by atoms with Gasteiger partial charge in [0.25, 0.3) is 0 Å². The zero-order valence-corrected chi connectivity index (χ0v) is 18.6. The standard InChI is InChI=1S/C28H25FO4/c1-3-4-20(16-28(30)31)21-9-13-27-22(15-21)10-14-26(33-27)19-7-5-18(6-8-19)24-17-23(32-2)11-12-25(24)29/h5-9,11-13,15,17,20,26H,10,14,16H2,1-2H3,(H,30,31). The predicted octanol–water partition coefficient (Wildman–Crippen LogP) is 6.15. The molecule has 2 atom stereocenters. The summed E-state index contributed by atoms with van der Waals surface area (Å²) in [5.74, 6) is 5.74. The molecular formula is C28H25FO4. The third-order valence-corrected chi connectivity index (χ3v) is 5.90. The van der Waals surface area contributed by atoms with E-state index in [0.29, 0.717) is 11.3 Å². The lowest BCUT2D eigenvalue weighted by atomic mass is 9.90. The number of carbonyl (C=O) groups is 1. The Labute approximate surface area is 193 Å². The highest BCUT2D eigenvalue weighted by Crippen LogP contribution is 2.37. The molecule has 1 aliphatic rings. The van der Waals surface area contributed by atoms with Gasteiger partial charge in [-0.3, -0.25) is 4.79 Å². The number of methoxy groups -OCH3 is 1. The SMILES string of the molecule is CC#CC(CC(=O)O)c1ccc2c(c1)CCC(c1ccc(-c3cc(OC)ccc3F)cc1)O2. The molecule has 0 fully saturated rings. The van der Waals surface area contributed by atoms with Gasteiger partial charge >= 0.3 is 5.97 Å². The van der Waals surface area contributed by atoms with Gasteiger partial charge in [0, 0.05) is 5.56 Å². The molecule has 0 bridgehead atoms. The van der Waals surface area contributed by atoms with Crippen LogP contribution in [0.2, 0.25) is 0 Å². The number of aryl methyl sites for hydroxylation is 1. The summed E-state index contributed by atoms with van der Waals surface area (Å²) in [4.78, 5) is 11.2. The number of halogens is 1. The van der Waals surface area contributed by atoms with Crippen molar-refractivity contribution in [1.82, 2.24) is 0 Å². The molecule has 3 aromatic rings. The third kappa shape index (κ3) is 5.01. The van der Waals surface area contributed by atoms with E-state index in [9.17, 15) is 14.3 Å². The molecule has 0 aliphatic carbocycles. The van der Waals surface area contributed by atoms with E-state index in [1.165, 1.54) is 6.07 Å². The number of carboxylic acids is 1. The van der Waals surface area contributed by atoms with Crippen LogP contribution >= 0.6 is 0 Å². The average molecular weight is 445 g/mol. The predicted molar refractivity (Wildman–Crippen MR) is 125 cm³/mol. The zero-order valence-electron chi connectivity index (χ0n) is 18.6. The van der Waals surface area contributed by atoms with E-state index in [1.54, 1.807) is 26.2 Å². The maximum atomic E-state index is 14.3. The first kappa shape index (κ1) is 22.4. The summed E-state index contributed by atoms with van der Waals surface area (Å²) in [6, 6.07) is 18.3. The maximum absolute atomic E-state index is 14.3. The second-order valence-corrected chi connectivity index (χ2v) is 8.02. The highest BCUT2D eigenvalue weighted by atomic mass is 19.1. The van der Waals surface area contributed by atoms with Gasteiger partial charge < -0.3 is 14.6 Å². The molecule has 0 aromatic heterocycles. The van der Waals surface area contributed by atoms with Crippen molar-refractivity contribution in [3.05, 3.63) is 83.2 Å². The summed E-state index contributed by atoms with van der Waals surface area (Å²) in [6.07, 6.45) is 1.49. The topological polar surface area (TPSA) is 55.8 Å². The first-order valence-corrected chi connectivity index (χ1v) is 10.9. The van der Waals surface area contributed by atoms with E-state index < -0.39 is 5.97 Å². The Kier molecular flexibility index (Phi) is 6.65. The van der Waals surface area contributed by atoms with Crippen molar-refractivity contribution in [3.63, 3.8) is 0 Å². The Morgan fingerprint density at radius 3 is 2.67 bits per heavy atom. The molecule has 1 heterocycles. The monoisotopic (exact) mass is 444 g/mol. The van der Waals surface area contributed by atoms with Crippen molar-refractivity contribution in [2.24, 2.45) is 0 Å².